The number of aromatic carboxylic acids is 1. The maximum Gasteiger partial charge on any atom is 0.335 e. The van der Waals surface area contributed by atoms with E-state index in [9.17, 15) is 14.0 Å². The molecule has 108 valence electrons. The van der Waals surface area contributed by atoms with Crippen LogP contribution in [0.1, 0.15) is 20.7 Å². The van der Waals surface area contributed by atoms with E-state index in [-0.39, 0.29) is 11.3 Å². The highest BCUT2D eigenvalue weighted by molar-refractivity contribution is 9.11. The molecule has 0 spiro atoms. The highest BCUT2D eigenvalue weighted by Crippen LogP contribution is 2.22. The van der Waals surface area contributed by atoms with E-state index in [4.69, 9.17) is 5.11 Å². The summed E-state index contributed by atoms with van der Waals surface area (Å²) in [6.45, 7) is 0. The maximum atomic E-state index is 13.6. The number of carboxylic acid groups (broad SMARTS) is 1. The molecular formula is C14H8Br2FNO3. The number of carbonyl (C=O) groups is 2. The molecular weight excluding hydrogens is 409 g/mol. The van der Waals surface area contributed by atoms with Crippen LogP contribution in [0, 0.1) is 5.82 Å². The number of hydrogen-bond acceptors (Lipinski definition) is 2. The van der Waals surface area contributed by atoms with E-state index in [0.29, 0.717) is 14.5 Å². The van der Waals surface area contributed by atoms with Gasteiger partial charge in [0.1, 0.15) is 5.82 Å². The number of nitrogens with one attached hydrogen (secondary N) is 1. The molecule has 0 saturated carbocycles. The van der Waals surface area contributed by atoms with Crippen LogP contribution in [0.4, 0.5) is 10.1 Å². The monoisotopic (exact) mass is 415 g/mol. The van der Waals surface area contributed by atoms with E-state index in [1.54, 1.807) is 18.2 Å². The molecule has 2 N–H and O–H groups in total. The number of hydrogen-bond donors (Lipinski definition) is 2. The summed E-state index contributed by atoms with van der Waals surface area (Å²) < 4.78 is 15.0. The van der Waals surface area contributed by atoms with Crippen molar-refractivity contribution in [1.82, 2.24) is 0 Å². The molecule has 0 atom stereocenters. The number of benzene rings is 2. The van der Waals surface area contributed by atoms with Crippen LogP contribution < -0.4 is 5.32 Å². The minimum Gasteiger partial charge on any atom is -0.478 e. The summed E-state index contributed by atoms with van der Waals surface area (Å²) in [6, 6.07) is 8.09. The first-order chi connectivity index (χ1) is 9.86. The molecule has 0 heterocycles. The Morgan fingerprint density at radius 3 is 2.19 bits per heavy atom. The van der Waals surface area contributed by atoms with Crippen molar-refractivity contribution in [3.8, 4) is 0 Å². The van der Waals surface area contributed by atoms with Gasteiger partial charge in [-0.3, -0.25) is 4.79 Å². The average Bonchev–Trinajstić information content (AvgIpc) is 2.39. The molecule has 1 amide bonds. The average molecular weight is 417 g/mol. The Bertz CT molecular complexity index is 714. The molecule has 21 heavy (non-hydrogen) atoms. The second-order valence-electron chi connectivity index (χ2n) is 4.11. The second-order valence-corrected chi connectivity index (χ2v) is 5.94. The van der Waals surface area contributed by atoms with Gasteiger partial charge in [-0.2, -0.15) is 0 Å². The van der Waals surface area contributed by atoms with Gasteiger partial charge in [-0.05, 0) is 36.4 Å². The molecule has 2 aromatic carbocycles. The zero-order chi connectivity index (χ0) is 15.6. The molecule has 0 fully saturated rings. The third-order valence-electron chi connectivity index (χ3n) is 2.59. The smallest absolute Gasteiger partial charge is 0.335 e. The van der Waals surface area contributed by atoms with Crippen LogP contribution >= 0.6 is 31.9 Å². The van der Waals surface area contributed by atoms with E-state index >= 15 is 0 Å². The Labute approximate surface area is 136 Å². The second kappa shape index (κ2) is 6.36. The largest absolute Gasteiger partial charge is 0.478 e. The van der Waals surface area contributed by atoms with Gasteiger partial charge in [0.2, 0.25) is 0 Å². The summed E-state index contributed by atoms with van der Waals surface area (Å²) in [4.78, 5) is 22.9. The van der Waals surface area contributed by atoms with Crippen LogP contribution in [0.5, 0.6) is 0 Å². The van der Waals surface area contributed by atoms with Crippen LogP contribution in [0.25, 0.3) is 0 Å². The fourth-order valence-electron chi connectivity index (χ4n) is 1.63. The maximum absolute atomic E-state index is 13.6. The summed E-state index contributed by atoms with van der Waals surface area (Å²) in [5.41, 5.74) is 0.00880. The summed E-state index contributed by atoms with van der Waals surface area (Å²) in [5, 5.41) is 11.2. The lowest BCUT2D eigenvalue weighted by atomic mass is 10.1. The van der Waals surface area contributed by atoms with Crippen molar-refractivity contribution >= 4 is 49.4 Å². The van der Waals surface area contributed by atoms with Gasteiger partial charge in [-0.1, -0.05) is 31.9 Å². The Kier molecular flexibility index (Phi) is 4.74. The number of amides is 1. The Balaban J connectivity index is 2.31. The minimum absolute atomic E-state index is 0.109. The van der Waals surface area contributed by atoms with Gasteiger partial charge < -0.3 is 10.4 Å². The van der Waals surface area contributed by atoms with Crippen molar-refractivity contribution in [2.45, 2.75) is 0 Å². The van der Waals surface area contributed by atoms with Crippen LogP contribution in [0.3, 0.4) is 0 Å². The minimum atomic E-state index is -1.20. The lowest BCUT2D eigenvalue weighted by Crippen LogP contribution is -2.13. The molecule has 0 aromatic heterocycles. The molecule has 0 aliphatic heterocycles. The lowest BCUT2D eigenvalue weighted by molar-refractivity contribution is 0.0696. The predicted molar refractivity (Wildman–Crippen MR) is 83.2 cm³/mol. The molecule has 0 aliphatic rings. The van der Waals surface area contributed by atoms with E-state index < -0.39 is 17.7 Å². The van der Waals surface area contributed by atoms with Crippen molar-refractivity contribution in [1.29, 1.82) is 0 Å². The van der Waals surface area contributed by atoms with Gasteiger partial charge in [0.05, 0.1) is 11.3 Å². The first-order valence-electron chi connectivity index (χ1n) is 5.67. The Hall–Kier alpha value is -1.73. The van der Waals surface area contributed by atoms with E-state index in [1.165, 1.54) is 0 Å². The third kappa shape index (κ3) is 3.89. The highest BCUT2D eigenvalue weighted by atomic mass is 79.9. The molecule has 0 aliphatic carbocycles. The summed E-state index contributed by atoms with van der Waals surface area (Å²) in [7, 11) is 0. The normalized spacial score (nSPS) is 10.2. The van der Waals surface area contributed by atoms with E-state index in [1.807, 2.05) is 0 Å². The highest BCUT2D eigenvalue weighted by Gasteiger charge is 2.13. The number of rotatable bonds is 3. The zero-order valence-corrected chi connectivity index (χ0v) is 13.5. The fraction of sp³-hybridized carbons (Fsp3) is 0. The van der Waals surface area contributed by atoms with Crippen molar-refractivity contribution in [2.75, 3.05) is 5.32 Å². The summed E-state index contributed by atoms with van der Waals surface area (Å²) in [5.74, 6) is -2.45. The van der Waals surface area contributed by atoms with Crippen LogP contribution in [-0.2, 0) is 0 Å². The summed E-state index contributed by atoms with van der Waals surface area (Å²) in [6.07, 6.45) is 0. The number of anilines is 1. The predicted octanol–water partition coefficient (Wildman–Crippen LogP) is 4.30. The topological polar surface area (TPSA) is 66.4 Å². The molecule has 0 bridgehead atoms. The summed E-state index contributed by atoms with van der Waals surface area (Å²) >= 11 is 6.50. The van der Waals surface area contributed by atoms with Crippen LogP contribution in [0.15, 0.2) is 45.3 Å². The molecule has 4 nitrogen and oxygen atoms in total. The van der Waals surface area contributed by atoms with Crippen molar-refractivity contribution < 1.29 is 19.1 Å². The Morgan fingerprint density at radius 1 is 1.00 bits per heavy atom. The van der Waals surface area contributed by atoms with Gasteiger partial charge >= 0.3 is 5.97 Å². The quantitative estimate of drug-likeness (QED) is 0.783. The van der Waals surface area contributed by atoms with E-state index in [0.717, 1.165) is 18.2 Å². The molecule has 7 heteroatoms. The van der Waals surface area contributed by atoms with Crippen LogP contribution in [0.2, 0.25) is 0 Å². The lowest BCUT2D eigenvalue weighted by Gasteiger charge is -2.08. The van der Waals surface area contributed by atoms with Crippen molar-refractivity contribution in [3.05, 3.63) is 62.3 Å². The van der Waals surface area contributed by atoms with Gasteiger partial charge in [0.25, 0.3) is 5.91 Å². The number of carboxylic acids is 1. The SMILES string of the molecule is O=C(O)c1ccc(F)c(NC(=O)c2cc(Br)cc(Br)c2)c1. The standard InChI is InChI=1S/C14H8Br2FNO3/c15-9-3-8(4-10(16)6-9)13(19)18-12-5-7(14(20)21)1-2-11(12)17/h1-6H,(H,18,19)(H,20,21). The zero-order valence-electron chi connectivity index (χ0n) is 10.4. The number of carbonyl (C=O) groups excluding carboxylic acids is 1. The van der Waals surface area contributed by atoms with E-state index in [2.05, 4.69) is 37.2 Å². The molecule has 0 radical (unpaired) electrons. The fourth-order valence-corrected chi connectivity index (χ4v) is 2.93. The van der Waals surface area contributed by atoms with Crippen molar-refractivity contribution in [2.24, 2.45) is 0 Å². The number of halogens is 3. The van der Waals surface area contributed by atoms with Gasteiger partial charge in [-0.25, -0.2) is 9.18 Å². The molecule has 2 aromatic rings. The molecule has 2 rings (SSSR count). The van der Waals surface area contributed by atoms with Gasteiger partial charge in [-0.15, -0.1) is 0 Å². The van der Waals surface area contributed by atoms with Gasteiger partial charge in [0.15, 0.2) is 0 Å². The van der Waals surface area contributed by atoms with Crippen LogP contribution in [-0.4, -0.2) is 17.0 Å². The van der Waals surface area contributed by atoms with Gasteiger partial charge in [0, 0.05) is 14.5 Å². The molecule has 0 saturated heterocycles. The Morgan fingerprint density at radius 2 is 1.62 bits per heavy atom. The first kappa shape index (κ1) is 15.7. The third-order valence-corrected chi connectivity index (χ3v) is 3.50. The van der Waals surface area contributed by atoms with Crippen molar-refractivity contribution in [3.63, 3.8) is 0 Å². The first-order valence-corrected chi connectivity index (χ1v) is 7.25. The molecule has 0 unspecified atom stereocenters.